The Bertz CT molecular complexity index is 830. The lowest BCUT2D eigenvalue weighted by atomic mass is 10.1. The predicted octanol–water partition coefficient (Wildman–Crippen LogP) is 1.16. The number of benzene rings is 1. The molecule has 0 saturated carbocycles. The largest absolute Gasteiger partial charge is 0.356 e. The molecule has 2 heterocycles. The molecule has 0 unspecified atom stereocenters. The third-order valence-corrected chi connectivity index (χ3v) is 4.35. The van der Waals surface area contributed by atoms with Gasteiger partial charge in [0, 0.05) is 46.0 Å². The van der Waals surface area contributed by atoms with Crippen LogP contribution in [0.25, 0.3) is 0 Å². The smallest absolute Gasteiger partial charge is 0.246 e. The summed E-state index contributed by atoms with van der Waals surface area (Å²) in [6.07, 6.45) is 3.91. The normalized spacial score (nSPS) is 15.4. The first-order chi connectivity index (χ1) is 13.0. The molecule has 9 heteroatoms. The predicted molar refractivity (Wildman–Crippen MR) is 98.6 cm³/mol. The summed E-state index contributed by atoms with van der Waals surface area (Å²) in [5.74, 6) is -0.631. The second-order valence-corrected chi connectivity index (χ2v) is 6.34. The van der Waals surface area contributed by atoms with E-state index in [1.165, 1.54) is 12.1 Å². The lowest BCUT2D eigenvalue weighted by Crippen LogP contribution is -2.55. The molecular formula is C18H22F2N6O. The van der Waals surface area contributed by atoms with Crippen LogP contribution in [0.4, 0.5) is 14.5 Å². The average Bonchev–Trinajstić information content (AvgIpc) is 3.04. The summed E-state index contributed by atoms with van der Waals surface area (Å²) in [5, 5.41) is 7.25. The van der Waals surface area contributed by atoms with E-state index in [0.717, 1.165) is 11.8 Å². The molecule has 1 aromatic heterocycles. The lowest BCUT2D eigenvalue weighted by molar-refractivity contribution is -0.120. The summed E-state index contributed by atoms with van der Waals surface area (Å²) in [4.78, 5) is 20.3. The first kappa shape index (κ1) is 18.8. The number of amides is 1. The third-order valence-electron chi connectivity index (χ3n) is 4.35. The van der Waals surface area contributed by atoms with Crippen LogP contribution in [-0.2, 0) is 18.3 Å². The van der Waals surface area contributed by atoms with Gasteiger partial charge < -0.3 is 15.1 Å². The number of nitrogens with zero attached hydrogens (tertiary/aromatic N) is 5. The van der Waals surface area contributed by atoms with Gasteiger partial charge >= 0.3 is 0 Å². The Balaban J connectivity index is 1.55. The van der Waals surface area contributed by atoms with Crippen LogP contribution in [0.3, 0.4) is 0 Å². The SMILES string of the molecule is CN=C(NCCc1cc(F)cc(F)c1)N1CCN(c2cnn(C)c2)C(=O)C1. The molecule has 7 nitrogen and oxygen atoms in total. The maximum atomic E-state index is 13.3. The summed E-state index contributed by atoms with van der Waals surface area (Å²) in [7, 11) is 3.45. The van der Waals surface area contributed by atoms with Crippen LogP contribution < -0.4 is 10.2 Å². The number of aromatic nitrogens is 2. The molecule has 1 aromatic carbocycles. The van der Waals surface area contributed by atoms with Crippen molar-refractivity contribution < 1.29 is 13.6 Å². The molecular weight excluding hydrogens is 354 g/mol. The maximum absolute atomic E-state index is 13.3. The number of guanidine groups is 1. The fraction of sp³-hybridized carbons (Fsp3) is 0.389. The van der Waals surface area contributed by atoms with Crippen molar-refractivity contribution in [2.24, 2.45) is 12.0 Å². The van der Waals surface area contributed by atoms with Crippen LogP contribution in [0.1, 0.15) is 5.56 Å². The highest BCUT2D eigenvalue weighted by Gasteiger charge is 2.27. The topological polar surface area (TPSA) is 65.8 Å². The van der Waals surface area contributed by atoms with E-state index in [2.05, 4.69) is 15.4 Å². The van der Waals surface area contributed by atoms with Crippen LogP contribution in [0.5, 0.6) is 0 Å². The lowest BCUT2D eigenvalue weighted by Gasteiger charge is -2.35. The van der Waals surface area contributed by atoms with Gasteiger partial charge in [-0.2, -0.15) is 5.10 Å². The minimum absolute atomic E-state index is 0.0376. The third kappa shape index (κ3) is 4.60. The number of nitrogens with one attached hydrogen (secondary N) is 1. The van der Waals surface area contributed by atoms with E-state index in [1.807, 2.05) is 4.90 Å². The van der Waals surface area contributed by atoms with Crippen LogP contribution >= 0.6 is 0 Å². The summed E-state index contributed by atoms with van der Waals surface area (Å²) in [5.41, 5.74) is 1.34. The fourth-order valence-corrected chi connectivity index (χ4v) is 3.08. The van der Waals surface area contributed by atoms with E-state index in [-0.39, 0.29) is 12.5 Å². The first-order valence-corrected chi connectivity index (χ1v) is 8.66. The van der Waals surface area contributed by atoms with Crippen molar-refractivity contribution in [3.05, 3.63) is 47.8 Å². The molecule has 3 rings (SSSR count). The Morgan fingerprint density at radius 2 is 2.00 bits per heavy atom. The molecule has 1 aliphatic heterocycles. The van der Waals surface area contributed by atoms with Crippen molar-refractivity contribution in [3.8, 4) is 0 Å². The minimum Gasteiger partial charge on any atom is -0.356 e. The van der Waals surface area contributed by atoms with E-state index in [1.54, 1.807) is 36.1 Å². The molecule has 0 radical (unpaired) electrons. The van der Waals surface area contributed by atoms with Gasteiger partial charge in [0.2, 0.25) is 5.91 Å². The highest BCUT2D eigenvalue weighted by Crippen LogP contribution is 2.16. The van der Waals surface area contributed by atoms with E-state index in [0.29, 0.717) is 37.6 Å². The van der Waals surface area contributed by atoms with Gasteiger partial charge in [-0.25, -0.2) is 8.78 Å². The zero-order valence-electron chi connectivity index (χ0n) is 15.3. The molecule has 0 bridgehead atoms. The van der Waals surface area contributed by atoms with Gasteiger partial charge in [-0.1, -0.05) is 0 Å². The van der Waals surface area contributed by atoms with Crippen molar-refractivity contribution in [2.75, 3.05) is 38.1 Å². The second-order valence-electron chi connectivity index (χ2n) is 6.34. The zero-order valence-corrected chi connectivity index (χ0v) is 15.3. The van der Waals surface area contributed by atoms with E-state index < -0.39 is 11.6 Å². The van der Waals surface area contributed by atoms with E-state index >= 15 is 0 Å². The molecule has 0 aliphatic carbocycles. The summed E-state index contributed by atoms with van der Waals surface area (Å²) in [6.45, 7) is 1.80. The zero-order chi connectivity index (χ0) is 19.4. The number of hydrogen-bond acceptors (Lipinski definition) is 3. The molecule has 1 amide bonds. The Hall–Kier alpha value is -2.97. The first-order valence-electron chi connectivity index (χ1n) is 8.66. The van der Waals surface area contributed by atoms with Gasteiger partial charge in [0.25, 0.3) is 0 Å². The van der Waals surface area contributed by atoms with Gasteiger partial charge in [0.15, 0.2) is 5.96 Å². The summed E-state index contributed by atoms with van der Waals surface area (Å²) >= 11 is 0. The number of carbonyl (C=O) groups excluding carboxylic acids is 1. The number of hydrogen-bond donors (Lipinski definition) is 1. The van der Waals surface area contributed by atoms with Crippen LogP contribution in [0.2, 0.25) is 0 Å². The second kappa shape index (κ2) is 8.15. The fourth-order valence-electron chi connectivity index (χ4n) is 3.08. The molecule has 144 valence electrons. The van der Waals surface area contributed by atoms with Crippen molar-refractivity contribution >= 4 is 17.6 Å². The highest BCUT2D eigenvalue weighted by atomic mass is 19.1. The number of piperazine rings is 1. The number of aryl methyl sites for hydroxylation is 1. The van der Waals surface area contributed by atoms with Gasteiger partial charge in [-0.3, -0.25) is 14.5 Å². The highest BCUT2D eigenvalue weighted by molar-refractivity contribution is 5.98. The van der Waals surface area contributed by atoms with Crippen molar-refractivity contribution in [1.82, 2.24) is 20.0 Å². The molecule has 1 aliphatic rings. The molecule has 0 spiro atoms. The molecule has 1 N–H and O–H groups in total. The Labute approximate surface area is 156 Å². The van der Waals surface area contributed by atoms with Gasteiger partial charge in [-0.15, -0.1) is 0 Å². The Morgan fingerprint density at radius 3 is 2.59 bits per heavy atom. The van der Waals surface area contributed by atoms with Crippen molar-refractivity contribution in [2.45, 2.75) is 6.42 Å². The van der Waals surface area contributed by atoms with Gasteiger partial charge in [-0.05, 0) is 24.1 Å². The number of aliphatic imine (C=N–C) groups is 1. The van der Waals surface area contributed by atoms with Crippen LogP contribution in [0.15, 0.2) is 35.6 Å². The number of halogens is 2. The van der Waals surface area contributed by atoms with Crippen molar-refractivity contribution in [1.29, 1.82) is 0 Å². The van der Waals surface area contributed by atoms with E-state index in [9.17, 15) is 13.6 Å². The maximum Gasteiger partial charge on any atom is 0.246 e. The monoisotopic (exact) mass is 376 g/mol. The summed E-state index contributed by atoms with van der Waals surface area (Å²) < 4.78 is 28.2. The minimum atomic E-state index is -0.591. The van der Waals surface area contributed by atoms with Gasteiger partial charge in [0.1, 0.15) is 18.2 Å². The molecule has 1 saturated heterocycles. The van der Waals surface area contributed by atoms with Crippen LogP contribution in [-0.4, -0.2) is 59.8 Å². The van der Waals surface area contributed by atoms with Crippen molar-refractivity contribution in [3.63, 3.8) is 0 Å². The molecule has 0 atom stereocenters. The Kier molecular flexibility index (Phi) is 5.68. The van der Waals surface area contributed by atoms with Crippen LogP contribution in [0, 0.1) is 11.6 Å². The number of carbonyl (C=O) groups is 1. The quantitative estimate of drug-likeness (QED) is 0.643. The van der Waals surface area contributed by atoms with E-state index in [4.69, 9.17) is 0 Å². The van der Waals surface area contributed by atoms with Gasteiger partial charge in [0.05, 0.1) is 11.9 Å². The Morgan fingerprint density at radius 1 is 1.26 bits per heavy atom. The standard InChI is InChI=1S/C18H22F2N6O/c1-21-18(22-4-3-13-7-14(19)9-15(20)8-13)25-5-6-26(17(27)12-25)16-10-23-24(2)11-16/h7-11H,3-6,12H2,1-2H3,(H,21,22). The average molecular weight is 376 g/mol. The molecule has 1 fully saturated rings. The number of rotatable bonds is 4. The molecule has 27 heavy (non-hydrogen) atoms. The molecule has 2 aromatic rings. The number of anilines is 1. The summed E-state index contributed by atoms with van der Waals surface area (Å²) in [6, 6.07) is 3.47.